The fourth-order valence-corrected chi connectivity index (χ4v) is 2.29. The van der Waals surface area contributed by atoms with Crippen LogP contribution in [0.3, 0.4) is 0 Å². The maximum absolute atomic E-state index is 11.8. The van der Waals surface area contributed by atoms with Gasteiger partial charge in [0.05, 0.1) is 16.3 Å². The van der Waals surface area contributed by atoms with E-state index in [9.17, 15) is 9.59 Å². The molecular formula is C14H10BrClN2O3. The van der Waals surface area contributed by atoms with E-state index in [4.69, 9.17) is 16.7 Å². The maximum atomic E-state index is 11.8. The van der Waals surface area contributed by atoms with Gasteiger partial charge in [-0.2, -0.15) is 0 Å². The van der Waals surface area contributed by atoms with Crippen molar-refractivity contribution < 1.29 is 14.7 Å². The minimum absolute atomic E-state index is 0.150. The zero-order chi connectivity index (χ0) is 15.4. The zero-order valence-corrected chi connectivity index (χ0v) is 12.9. The molecule has 2 rings (SSSR count). The second-order valence-corrected chi connectivity index (χ2v) is 5.41. The number of anilines is 2. The molecule has 0 spiro atoms. The molecule has 0 saturated heterocycles. The minimum Gasteiger partial charge on any atom is -0.478 e. The number of halogens is 2. The summed E-state index contributed by atoms with van der Waals surface area (Å²) < 4.78 is 0.808. The molecule has 2 aromatic rings. The van der Waals surface area contributed by atoms with Crippen LogP contribution in [0, 0.1) is 0 Å². The van der Waals surface area contributed by atoms with Crippen LogP contribution in [0.4, 0.5) is 16.2 Å². The number of rotatable bonds is 3. The number of urea groups is 1. The first-order valence-corrected chi connectivity index (χ1v) is 6.99. The predicted octanol–water partition coefficient (Wildman–Crippen LogP) is 4.44. The molecule has 0 bridgehead atoms. The van der Waals surface area contributed by atoms with Crippen molar-refractivity contribution in [2.45, 2.75) is 0 Å². The predicted molar refractivity (Wildman–Crippen MR) is 85.2 cm³/mol. The van der Waals surface area contributed by atoms with E-state index in [-0.39, 0.29) is 5.56 Å². The van der Waals surface area contributed by atoms with Gasteiger partial charge in [0.2, 0.25) is 0 Å². The second kappa shape index (κ2) is 6.60. The molecule has 0 radical (unpaired) electrons. The highest BCUT2D eigenvalue weighted by Crippen LogP contribution is 2.25. The van der Waals surface area contributed by atoms with Crippen LogP contribution < -0.4 is 10.6 Å². The standard InChI is InChI=1S/C14H10BrClN2O3/c15-9-3-6-12(11(16)7-9)18-14(21)17-10-4-1-8(2-5-10)13(19)20/h1-7H,(H,19,20)(H2,17,18,21). The quantitative estimate of drug-likeness (QED) is 0.748. The number of nitrogens with one attached hydrogen (secondary N) is 2. The molecule has 21 heavy (non-hydrogen) atoms. The number of carbonyl (C=O) groups excluding carboxylic acids is 1. The SMILES string of the molecule is O=C(Nc1ccc(C(=O)O)cc1)Nc1ccc(Br)cc1Cl. The molecule has 0 aliphatic carbocycles. The average molecular weight is 370 g/mol. The fourth-order valence-electron chi connectivity index (χ4n) is 1.57. The minimum atomic E-state index is -1.02. The normalized spacial score (nSPS) is 10.0. The lowest BCUT2D eigenvalue weighted by Gasteiger charge is -2.09. The van der Waals surface area contributed by atoms with Crippen molar-refractivity contribution >= 4 is 50.9 Å². The van der Waals surface area contributed by atoms with E-state index in [0.29, 0.717) is 16.4 Å². The van der Waals surface area contributed by atoms with E-state index in [1.807, 2.05) is 0 Å². The van der Waals surface area contributed by atoms with E-state index in [0.717, 1.165) is 4.47 Å². The second-order valence-electron chi connectivity index (χ2n) is 4.09. The number of benzene rings is 2. The number of aromatic carboxylic acids is 1. The number of carboxylic acids is 1. The molecule has 0 heterocycles. The molecule has 2 amide bonds. The van der Waals surface area contributed by atoms with Crippen LogP contribution in [-0.4, -0.2) is 17.1 Å². The fraction of sp³-hybridized carbons (Fsp3) is 0. The van der Waals surface area contributed by atoms with Crippen molar-refractivity contribution in [2.75, 3.05) is 10.6 Å². The van der Waals surface area contributed by atoms with Gasteiger partial charge in [-0.1, -0.05) is 27.5 Å². The molecule has 7 heteroatoms. The van der Waals surface area contributed by atoms with Gasteiger partial charge in [0.25, 0.3) is 0 Å². The lowest BCUT2D eigenvalue weighted by Crippen LogP contribution is -2.19. The molecule has 0 aromatic heterocycles. The van der Waals surface area contributed by atoms with Crippen LogP contribution >= 0.6 is 27.5 Å². The lowest BCUT2D eigenvalue weighted by molar-refractivity contribution is 0.0697. The van der Waals surface area contributed by atoms with Gasteiger partial charge in [0.1, 0.15) is 0 Å². The number of carbonyl (C=O) groups is 2. The summed E-state index contributed by atoms with van der Waals surface area (Å²) in [5.74, 6) is -1.02. The van der Waals surface area contributed by atoms with Gasteiger partial charge < -0.3 is 15.7 Å². The Labute approximate surface area is 134 Å². The van der Waals surface area contributed by atoms with Crippen molar-refractivity contribution in [1.29, 1.82) is 0 Å². The lowest BCUT2D eigenvalue weighted by atomic mass is 10.2. The van der Waals surface area contributed by atoms with Crippen LogP contribution in [0.15, 0.2) is 46.9 Å². The van der Waals surface area contributed by atoms with Crippen molar-refractivity contribution in [3.63, 3.8) is 0 Å². The number of hydrogen-bond donors (Lipinski definition) is 3. The Hall–Kier alpha value is -2.05. The molecule has 2 aromatic carbocycles. The highest BCUT2D eigenvalue weighted by molar-refractivity contribution is 9.10. The Bertz CT molecular complexity index is 689. The Morgan fingerprint density at radius 1 is 1.05 bits per heavy atom. The van der Waals surface area contributed by atoms with E-state index < -0.39 is 12.0 Å². The Kier molecular flexibility index (Phi) is 4.82. The topological polar surface area (TPSA) is 78.4 Å². The highest BCUT2D eigenvalue weighted by atomic mass is 79.9. The molecule has 5 nitrogen and oxygen atoms in total. The molecule has 3 N–H and O–H groups in total. The van der Waals surface area contributed by atoms with Gasteiger partial charge in [-0.15, -0.1) is 0 Å². The molecular weight excluding hydrogens is 360 g/mol. The third kappa shape index (κ3) is 4.21. The van der Waals surface area contributed by atoms with E-state index in [2.05, 4.69) is 26.6 Å². The van der Waals surface area contributed by atoms with Crippen LogP contribution in [0.1, 0.15) is 10.4 Å². The van der Waals surface area contributed by atoms with Crippen LogP contribution in [0.2, 0.25) is 5.02 Å². The molecule has 108 valence electrons. The van der Waals surface area contributed by atoms with Gasteiger partial charge in [-0.25, -0.2) is 9.59 Å². The van der Waals surface area contributed by atoms with Gasteiger partial charge in [0, 0.05) is 10.2 Å². The van der Waals surface area contributed by atoms with Crippen molar-refractivity contribution in [3.05, 3.63) is 57.5 Å². The van der Waals surface area contributed by atoms with Gasteiger partial charge >= 0.3 is 12.0 Å². The Morgan fingerprint density at radius 3 is 2.29 bits per heavy atom. The van der Waals surface area contributed by atoms with Crippen LogP contribution in [0.5, 0.6) is 0 Å². The molecule has 0 aliphatic rings. The molecule has 0 fully saturated rings. The number of amides is 2. The van der Waals surface area contributed by atoms with Crippen molar-refractivity contribution in [3.8, 4) is 0 Å². The van der Waals surface area contributed by atoms with E-state index in [1.54, 1.807) is 18.2 Å². The molecule has 0 atom stereocenters. The van der Waals surface area contributed by atoms with Gasteiger partial charge in [0.15, 0.2) is 0 Å². The van der Waals surface area contributed by atoms with E-state index in [1.165, 1.54) is 24.3 Å². The average Bonchev–Trinajstić information content (AvgIpc) is 2.42. The summed E-state index contributed by atoms with van der Waals surface area (Å²) in [5, 5.41) is 14.4. The first-order chi connectivity index (χ1) is 9.95. The number of hydrogen-bond acceptors (Lipinski definition) is 2. The third-order valence-corrected chi connectivity index (χ3v) is 3.38. The summed E-state index contributed by atoms with van der Waals surface area (Å²) in [6.45, 7) is 0. The molecule has 0 saturated carbocycles. The molecule has 0 aliphatic heterocycles. The summed E-state index contributed by atoms with van der Waals surface area (Å²) >= 11 is 9.27. The first-order valence-electron chi connectivity index (χ1n) is 5.82. The summed E-state index contributed by atoms with van der Waals surface area (Å²) in [4.78, 5) is 22.6. The first kappa shape index (κ1) is 15.3. The van der Waals surface area contributed by atoms with Gasteiger partial charge in [-0.05, 0) is 42.5 Å². The largest absolute Gasteiger partial charge is 0.478 e. The smallest absolute Gasteiger partial charge is 0.335 e. The maximum Gasteiger partial charge on any atom is 0.335 e. The monoisotopic (exact) mass is 368 g/mol. The third-order valence-electron chi connectivity index (χ3n) is 2.57. The Morgan fingerprint density at radius 2 is 1.71 bits per heavy atom. The zero-order valence-electron chi connectivity index (χ0n) is 10.6. The van der Waals surface area contributed by atoms with Gasteiger partial charge in [-0.3, -0.25) is 0 Å². The van der Waals surface area contributed by atoms with Crippen LogP contribution in [0.25, 0.3) is 0 Å². The number of carboxylic acid groups (broad SMARTS) is 1. The summed E-state index contributed by atoms with van der Waals surface area (Å²) in [6, 6.07) is 10.4. The summed E-state index contributed by atoms with van der Waals surface area (Å²) in [5.41, 5.74) is 1.10. The Balaban J connectivity index is 2.02. The van der Waals surface area contributed by atoms with E-state index >= 15 is 0 Å². The van der Waals surface area contributed by atoms with Crippen molar-refractivity contribution in [1.82, 2.24) is 0 Å². The molecule has 0 unspecified atom stereocenters. The summed E-state index contributed by atoms with van der Waals surface area (Å²) in [6.07, 6.45) is 0. The summed E-state index contributed by atoms with van der Waals surface area (Å²) in [7, 11) is 0. The highest BCUT2D eigenvalue weighted by Gasteiger charge is 2.07. The van der Waals surface area contributed by atoms with Crippen molar-refractivity contribution in [2.24, 2.45) is 0 Å². The van der Waals surface area contributed by atoms with Crippen LogP contribution in [-0.2, 0) is 0 Å².